The third-order valence-electron chi connectivity index (χ3n) is 1.73. The van der Waals surface area contributed by atoms with Gasteiger partial charge in [0.25, 0.3) is 0 Å². The highest BCUT2D eigenvalue weighted by molar-refractivity contribution is 7.13. The molecule has 1 rings (SSSR count). The Morgan fingerprint density at radius 2 is 2.27 bits per heavy atom. The molecule has 0 spiro atoms. The Balaban J connectivity index is 2.37. The summed E-state index contributed by atoms with van der Waals surface area (Å²) >= 11 is 1.36. The van der Waals surface area contributed by atoms with E-state index in [9.17, 15) is 4.79 Å². The second-order valence-corrected chi connectivity index (χ2v) is 5.58. The van der Waals surface area contributed by atoms with Crippen molar-refractivity contribution >= 4 is 22.4 Å². The van der Waals surface area contributed by atoms with Crippen LogP contribution in [0.4, 0.5) is 5.13 Å². The number of nitrogens with zero attached hydrogens (tertiary/aromatic N) is 1. The predicted molar refractivity (Wildman–Crippen MR) is 62.7 cm³/mol. The van der Waals surface area contributed by atoms with Gasteiger partial charge in [-0.2, -0.15) is 0 Å². The van der Waals surface area contributed by atoms with Gasteiger partial charge in [0.05, 0.1) is 12.1 Å². The molecule has 0 bridgehead atoms. The molecule has 1 amide bonds. The summed E-state index contributed by atoms with van der Waals surface area (Å²) in [5.41, 5.74) is 6.32. The van der Waals surface area contributed by atoms with Crippen molar-refractivity contribution in [1.82, 2.24) is 10.3 Å². The first-order valence-corrected chi connectivity index (χ1v) is 5.71. The molecule has 0 saturated heterocycles. The fourth-order valence-corrected chi connectivity index (χ4v) is 1.56. The van der Waals surface area contributed by atoms with Crippen LogP contribution in [-0.2, 0) is 11.2 Å². The van der Waals surface area contributed by atoms with E-state index in [1.165, 1.54) is 11.3 Å². The van der Waals surface area contributed by atoms with Crippen LogP contribution < -0.4 is 11.1 Å². The topological polar surface area (TPSA) is 68.0 Å². The highest BCUT2D eigenvalue weighted by atomic mass is 32.1. The maximum atomic E-state index is 11.5. The number of anilines is 1. The highest BCUT2D eigenvalue weighted by Crippen LogP contribution is 2.12. The summed E-state index contributed by atoms with van der Waals surface area (Å²) in [6.45, 7) is 6.90. The zero-order chi connectivity index (χ0) is 11.5. The normalized spacial score (nSPS) is 11.4. The monoisotopic (exact) mass is 227 g/mol. The Morgan fingerprint density at radius 3 is 2.73 bits per heavy atom. The highest BCUT2D eigenvalue weighted by Gasteiger charge is 2.12. The number of nitrogens with two attached hydrogens (primary N) is 1. The number of hydrogen-bond acceptors (Lipinski definition) is 4. The standard InChI is InChI=1S/C10H17N3OS/c1-10(2,3)6-12-8(14)4-7-5-15-9(11)13-7/h5H,4,6H2,1-3H3,(H2,11,13)(H,12,14). The largest absolute Gasteiger partial charge is 0.375 e. The zero-order valence-electron chi connectivity index (χ0n) is 9.33. The SMILES string of the molecule is CC(C)(C)CNC(=O)Cc1csc(N)n1. The number of nitrogen functional groups attached to an aromatic ring is 1. The van der Waals surface area contributed by atoms with Gasteiger partial charge in [0.2, 0.25) is 5.91 Å². The van der Waals surface area contributed by atoms with Gasteiger partial charge in [0.1, 0.15) is 0 Å². The average Bonchev–Trinajstić information content (AvgIpc) is 2.47. The van der Waals surface area contributed by atoms with E-state index in [0.29, 0.717) is 18.1 Å². The van der Waals surface area contributed by atoms with Crippen molar-refractivity contribution in [3.63, 3.8) is 0 Å². The minimum Gasteiger partial charge on any atom is -0.375 e. The maximum absolute atomic E-state index is 11.5. The Kier molecular flexibility index (Phi) is 3.68. The van der Waals surface area contributed by atoms with Crippen molar-refractivity contribution in [1.29, 1.82) is 0 Å². The molecule has 84 valence electrons. The van der Waals surface area contributed by atoms with E-state index in [-0.39, 0.29) is 11.3 Å². The number of carbonyl (C=O) groups is 1. The van der Waals surface area contributed by atoms with E-state index in [4.69, 9.17) is 5.73 Å². The second-order valence-electron chi connectivity index (χ2n) is 4.69. The Morgan fingerprint density at radius 1 is 1.60 bits per heavy atom. The second kappa shape index (κ2) is 4.61. The Labute approximate surface area is 93.9 Å². The molecule has 5 heteroatoms. The lowest BCUT2D eigenvalue weighted by Gasteiger charge is -2.18. The molecule has 0 atom stereocenters. The number of thiazole rings is 1. The van der Waals surface area contributed by atoms with Crippen LogP contribution >= 0.6 is 11.3 Å². The third-order valence-corrected chi connectivity index (χ3v) is 2.45. The van der Waals surface area contributed by atoms with Gasteiger partial charge in [0.15, 0.2) is 5.13 Å². The van der Waals surface area contributed by atoms with Crippen molar-refractivity contribution in [2.45, 2.75) is 27.2 Å². The lowest BCUT2D eigenvalue weighted by molar-refractivity contribution is -0.120. The Hall–Kier alpha value is -1.10. The van der Waals surface area contributed by atoms with Crippen molar-refractivity contribution in [3.05, 3.63) is 11.1 Å². The van der Waals surface area contributed by atoms with Crippen LogP contribution in [0.25, 0.3) is 0 Å². The molecule has 0 unspecified atom stereocenters. The smallest absolute Gasteiger partial charge is 0.226 e. The summed E-state index contributed by atoms with van der Waals surface area (Å²) in [7, 11) is 0. The molecular weight excluding hydrogens is 210 g/mol. The van der Waals surface area contributed by atoms with Crippen LogP contribution in [0.1, 0.15) is 26.5 Å². The van der Waals surface area contributed by atoms with Gasteiger partial charge >= 0.3 is 0 Å². The van der Waals surface area contributed by atoms with Gasteiger partial charge < -0.3 is 11.1 Å². The summed E-state index contributed by atoms with van der Waals surface area (Å²) in [6, 6.07) is 0. The van der Waals surface area contributed by atoms with E-state index in [1.807, 2.05) is 5.38 Å². The molecule has 0 radical (unpaired) electrons. The van der Waals surface area contributed by atoms with Crippen molar-refractivity contribution in [2.24, 2.45) is 5.41 Å². The van der Waals surface area contributed by atoms with E-state index >= 15 is 0 Å². The predicted octanol–water partition coefficient (Wildman–Crippen LogP) is 1.43. The lowest BCUT2D eigenvalue weighted by Crippen LogP contribution is -2.33. The molecule has 0 aromatic carbocycles. The molecule has 4 nitrogen and oxygen atoms in total. The number of rotatable bonds is 3. The van der Waals surface area contributed by atoms with Crippen LogP contribution in [0.2, 0.25) is 0 Å². The number of carbonyl (C=O) groups excluding carboxylic acids is 1. The van der Waals surface area contributed by atoms with Crippen molar-refractivity contribution in [2.75, 3.05) is 12.3 Å². The van der Waals surface area contributed by atoms with Crippen LogP contribution in [0.5, 0.6) is 0 Å². The number of aromatic nitrogens is 1. The summed E-state index contributed by atoms with van der Waals surface area (Å²) in [4.78, 5) is 15.5. The maximum Gasteiger partial charge on any atom is 0.226 e. The molecular formula is C10H17N3OS. The number of nitrogens with one attached hydrogen (secondary N) is 1. The fraction of sp³-hybridized carbons (Fsp3) is 0.600. The van der Waals surface area contributed by atoms with E-state index in [1.54, 1.807) is 0 Å². The summed E-state index contributed by atoms with van der Waals surface area (Å²) in [5.74, 6) is -0.00442. The first-order chi connectivity index (χ1) is 6.87. The Bertz CT molecular complexity index is 341. The summed E-state index contributed by atoms with van der Waals surface area (Å²) < 4.78 is 0. The van der Waals surface area contributed by atoms with Crippen molar-refractivity contribution < 1.29 is 4.79 Å². The van der Waals surface area contributed by atoms with Gasteiger partial charge in [-0.1, -0.05) is 20.8 Å². The first-order valence-electron chi connectivity index (χ1n) is 4.83. The molecule has 1 heterocycles. The first kappa shape index (κ1) is 12.0. The van der Waals surface area contributed by atoms with Crippen LogP contribution in [0.3, 0.4) is 0 Å². The third kappa shape index (κ3) is 4.78. The molecule has 0 aliphatic rings. The molecule has 1 aromatic heterocycles. The molecule has 1 aromatic rings. The minimum atomic E-state index is -0.00442. The lowest BCUT2D eigenvalue weighted by atomic mass is 9.97. The number of amides is 1. The molecule has 0 saturated carbocycles. The van der Waals surface area contributed by atoms with Gasteiger partial charge in [0, 0.05) is 11.9 Å². The summed E-state index contributed by atoms with van der Waals surface area (Å²) in [6.07, 6.45) is 0.309. The molecule has 15 heavy (non-hydrogen) atoms. The van der Waals surface area contributed by atoms with E-state index in [2.05, 4.69) is 31.1 Å². The molecule has 0 aliphatic heterocycles. The van der Waals surface area contributed by atoms with Gasteiger partial charge in [-0.15, -0.1) is 11.3 Å². The average molecular weight is 227 g/mol. The molecule has 0 fully saturated rings. The van der Waals surface area contributed by atoms with Gasteiger partial charge in [-0.25, -0.2) is 4.98 Å². The van der Waals surface area contributed by atoms with Gasteiger partial charge in [-0.05, 0) is 5.41 Å². The minimum absolute atomic E-state index is 0.00442. The van der Waals surface area contributed by atoms with E-state index < -0.39 is 0 Å². The van der Waals surface area contributed by atoms with Crippen LogP contribution in [0, 0.1) is 5.41 Å². The molecule has 3 N–H and O–H groups in total. The van der Waals surface area contributed by atoms with Crippen LogP contribution in [0.15, 0.2) is 5.38 Å². The molecule has 0 aliphatic carbocycles. The van der Waals surface area contributed by atoms with Crippen molar-refractivity contribution in [3.8, 4) is 0 Å². The fourth-order valence-electron chi connectivity index (χ4n) is 0.995. The van der Waals surface area contributed by atoms with Gasteiger partial charge in [-0.3, -0.25) is 4.79 Å². The number of hydrogen-bond donors (Lipinski definition) is 2. The quantitative estimate of drug-likeness (QED) is 0.820. The van der Waals surface area contributed by atoms with E-state index in [0.717, 1.165) is 5.69 Å². The van der Waals surface area contributed by atoms with Crippen LogP contribution in [-0.4, -0.2) is 17.4 Å². The summed E-state index contributed by atoms with van der Waals surface area (Å²) in [5, 5.41) is 5.18. The zero-order valence-corrected chi connectivity index (χ0v) is 10.1.